The van der Waals surface area contributed by atoms with Crippen molar-refractivity contribution in [1.29, 1.82) is 0 Å². The summed E-state index contributed by atoms with van der Waals surface area (Å²) in [5, 5.41) is 12.9. The molecule has 0 saturated heterocycles. The molecule has 0 unspecified atom stereocenters. The van der Waals surface area contributed by atoms with Crippen LogP contribution < -0.4 is 10.2 Å². The van der Waals surface area contributed by atoms with Gasteiger partial charge in [-0.15, -0.1) is 0 Å². The second-order valence-electron chi connectivity index (χ2n) is 5.46. The number of rotatable bonds is 3. The Hall–Kier alpha value is -1.55. The van der Waals surface area contributed by atoms with Crippen LogP contribution in [0, 0.1) is 0 Å². The van der Waals surface area contributed by atoms with Crippen LogP contribution in [0.3, 0.4) is 0 Å². The molecule has 1 aliphatic rings. The molecule has 4 nitrogen and oxygen atoms in total. The minimum Gasteiger partial charge on any atom is -0.389 e. The molecule has 0 aliphatic carbocycles. The number of hydrogen-bond donors (Lipinski definition) is 2. The van der Waals surface area contributed by atoms with Gasteiger partial charge in [0.05, 0.1) is 5.60 Å². The zero-order valence-electron chi connectivity index (χ0n) is 11.2. The number of amides is 1. The fraction of sp³-hybridized carbons (Fsp3) is 0.500. The highest BCUT2D eigenvalue weighted by atomic mass is 16.3. The molecule has 0 bridgehead atoms. The number of fused-ring (bicyclic) bond motifs is 1. The molecule has 2 rings (SSSR count). The summed E-state index contributed by atoms with van der Waals surface area (Å²) >= 11 is 0. The number of hydrogen-bond acceptors (Lipinski definition) is 3. The number of nitrogens with one attached hydrogen (secondary N) is 1. The van der Waals surface area contributed by atoms with E-state index >= 15 is 0 Å². The van der Waals surface area contributed by atoms with E-state index in [0.29, 0.717) is 13.0 Å². The van der Waals surface area contributed by atoms with Crippen LogP contribution in [0.25, 0.3) is 0 Å². The smallest absolute Gasteiger partial charge is 0.227 e. The van der Waals surface area contributed by atoms with Crippen LogP contribution in [0.1, 0.15) is 25.8 Å². The molecule has 1 amide bonds. The molecule has 0 aromatic heterocycles. The highest BCUT2D eigenvalue weighted by Crippen LogP contribution is 2.29. The van der Waals surface area contributed by atoms with Crippen molar-refractivity contribution >= 4 is 17.3 Å². The zero-order chi connectivity index (χ0) is 13.3. The third kappa shape index (κ3) is 2.82. The lowest BCUT2D eigenvalue weighted by atomic mass is 10.0. The van der Waals surface area contributed by atoms with E-state index in [1.54, 1.807) is 18.7 Å². The summed E-state index contributed by atoms with van der Waals surface area (Å²) in [4.78, 5) is 13.3. The van der Waals surface area contributed by atoms with E-state index in [-0.39, 0.29) is 5.91 Å². The van der Waals surface area contributed by atoms with Gasteiger partial charge >= 0.3 is 0 Å². The van der Waals surface area contributed by atoms with E-state index in [1.807, 2.05) is 19.2 Å². The van der Waals surface area contributed by atoms with Gasteiger partial charge in [0.2, 0.25) is 5.91 Å². The molecule has 1 heterocycles. The summed E-state index contributed by atoms with van der Waals surface area (Å²) in [5.74, 6) is 0.166. The Bertz CT molecular complexity index is 463. The predicted molar refractivity (Wildman–Crippen MR) is 73.0 cm³/mol. The minimum atomic E-state index is -0.733. The van der Waals surface area contributed by atoms with Gasteiger partial charge in [-0.2, -0.15) is 0 Å². The van der Waals surface area contributed by atoms with Crippen molar-refractivity contribution in [1.82, 2.24) is 0 Å². The van der Waals surface area contributed by atoms with Crippen LogP contribution in [0.15, 0.2) is 18.2 Å². The maximum atomic E-state index is 11.6. The van der Waals surface area contributed by atoms with Crippen LogP contribution in [-0.4, -0.2) is 30.2 Å². The second-order valence-corrected chi connectivity index (χ2v) is 5.46. The molecule has 0 spiro atoms. The third-order valence-electron chi connectivity index (χ3n) is 3.15. The monoisotopic (exact) mass is 248 g/mol. The number of aliphatic hydroxyl groups is 1. The van der Waals surface area contributed by atoms with Crippen LogP contribution in [0.5, 0.6) is 0 Å². The van der Waals surface area contributed by atoms with Crippen molar-refractivity contribution < 1.29 is 9.90 Å². The Kier molecular flexibility index (Phi) is 3.30. The van der Waals surface area contributed by atoms with E-state index in [9.17, 15) is 9.90 Å². The first-order valence-electron chi connectivity index (χ1n) is 6.22. The van der Waals surface area contributed by atoms with Crippen molar-refractivity contribution in [2.75, 3.05) is 23.8 Å². The summed E-state index contributed by atoms with van der Waals surface area (Å²) in [6.45, 7) is 4.04. The molecule has 4 heteroatoms. The van der Waals surface area contributed by atoms with Gasteiger partial charge in [-0.1, -0.05) is 0 Å². The molecule has 1 aromatic rings. The molecule has 98 valence electrons. The first-order valence-corrected chi connectivity index (χ1v) is 6.22. The van der Waals surface area contributed by atoms with Crippen molar-refractivity contribution in [3.05, 3.63) is 23.8 Å². The Morgan fingerprint density at radius 3 is 2.78 bits per heavy atom. The van der Waals surface area contributed by atoms with Crippen LogP contribution in [-0.2, 0) is 11.2 Å². The summed E-state index contributed by atoms with van der Waals surface area (Å²) in [7, 11) is 1.81. The lowest BCUT2D eigenvalue weighted by Gasteiger charge is -2.26. The summed E-state index contributed by atoms with van der Waals surface area (Å²) < 4.78 is 0. The van der Waals surface area contributed by atoms with E-state index in [2.05, 4.69) is 11.4 Å². The van der Waals surface area contributed by atoms with E-state index in [4.69, 9.17) is 0 Å². The van der Waals surface area contributed by atoms with Crippen LogP contribution >= 0.6 is 0 Å². The third-order valence-corrected chi connectivity index (χ3v) is 3.15. The molecule has 0 fully saturated rings. The SMILES string of the molecule is CN1C(=O)CCc2cc(NCC(C)(C)O)ccc21. The Morgan fingerprint density at radius 2 is 2.11 bits per heavy atom. The molecule has 2 N–H and O–H groups in total. The number of benzene rings is 1. The summed E-state index contributed by atoms with van der Waals surface area (Å²) in [6.07, 6.45) is 1.36. The lowest BCUT2D eigenvalue weighted by molar-refractivity contribution is -0.118. The normalized spacial score (nSPS) is 15.6. The van der Waals surface area contributed by atoms with Crippen molar-refractivity contribution in [2.45, 2.75) is 32.3 Å². The van der Waals surface area contributed by atoms with E-state index in [0.717, 1.165) is 17.8 Å². The molecular weight excluding hydrogens is 228 g/mol. The van der Waals surface area contributed by atoms with Gasteiger partial charge in [0, 0.05) is 31.4 Å². The van der Waals surface area contributed by atoms with Gasteiger partial charge in [-0.3, -0.25) is 4.79 Å². The topological polar surface area (TPSA) is 52.6 Å². The highest BCUT2D eigenvalue weighted by molar-refractivity contribution is 5.96. The number of aryl methyl sites for hydroxylation is 1. The first-order chi connectivity index (χ1) is 8.37. The lowest BCUT2D eigenvalue weighted by Crippen LogP contribution is -2.31. The Morgan fingerprint density at radius 1 is 1.39 bits per heavy atom. The van der Waals surface area contributed by atoms with Gasteiger partial charge in [0.25, 0.3) is 0 Å². The Balaban J connectivity index is 2.15. The second kappa shape index (κ2) is 4.61. The Labute approximate surface area is 108 Å². The minimum absolute atomic E-state index is 0.166. The first kappa shape index (κ1) is 12.9. The van der Waals surface area contributed by atoms with Crippen LogP contribution in [0.2, 0.25) is 0 Å². The summed E-state index contributed by atoms with van der Waals surface area (Å²) in [6, 6.07) is 5.96. The molecule has 1 aliphatic heterocycles. The van der Waals surface area contributed by atoms with Gasteiger partial charge in [0.1, 0.15) is 0 Å². The van der Waals surface area contributed by atoms with E-state index in [1.165, 1.54) is 5.56 Å². The molecular formula is C14H20N2O2. The number of carbonyl (C=O) groups is 1. The van der Waals surface area contributed by atoms with Gasteiger partial charge in [0.15, 0.2) is 0 Å². The molecule has 0 atom stereocenters. The molecule has 1 aromatic carbocycles. The molecule has 18 heavy (non-hydrogen) atoms. The number of carbonyl (C=O) groups excluding carboxylic acids is 1. The van der Waals surface area contributed by atoms with Gasteiger partial charge < -0.3 is 15.3 Å². The quantitative estimate of drug-likeness (QED) is 0.857. The largest absolute Gasteiger partial charge is 0.389 e. The maximum absolute atomic E-state index is 11.6. The highest BCUT2D eigenvalue weighted by Gasteiger charge is 2.21. The average molecular weight is 248 g/mol. The number of anilines is 2. The van der Waals surface area contributed by atoms with Crippen molar-refractivity contribution in [2.24, 2.45) is 0 Å². The van der Waals surface area contributed by atoms with Gasteiger partial charge in [-0.05, 0) is 44.0 Å². The van der Waals surface area contributed by atoms with Crippen molar-refractivity contribution in [3.8, 4) is 0 Å². The van der Waals surface area contributed by atoms with E-state index < -0.39 is 5.60 Å². The van der Waals surface area contributed by atoms with Crippen molar-refractivity contribution in [3.63, 3.8) is 0 Å². The fourth-order valence-electron chi connectivity index (χ4n) is 2.08. The fourth-order valence-corrected chi connectivity index (χ4v) is 2.08. The zero-order valence-corrected chi connectivity index (χ0v) is 11.2. The summed E-state index contributed by atoms with van der Waals surface area (Å²) in [5.41, 5.74) is 2.42. The predicted octanol–water partition coefficient (Wildman–Crippen LogP) is 1.78. The molecule has 0 saturated carbocycles. The molecule has 0 radical (unpaired) electrons. The standard InChI is InChI=1S/C14H20N2O2/c1-14(2,18)9-15-11-5-6-12-10(8-11)4-7-13(17)16(12)3/h5-6,8,15,18H,4,7,9H2,1-3H3. The van der Waals surface area contributed by atoms with Gasteiger partial charge in [-0.25, -0.2) is 0 Å². The number of nitrogens with zero attached hydrogens (tertiary/aromatic N) is 1. The maximum Gasteiger partial charge on any atom is 0.227 e. The van der Waals surface area contributed by atoms with Crippen LogP contribution in [0.4, 0.5) is 11.4 Å². The average Bonchev–Trinajstić information content (AvgIpc) is 2.30.